The molecule has 0 amide bonds. The molecule has 0 N–H and O–H groups in total. The zero-order valence-electron chi connectivity index (χ0n) is 8.70. The predicted molar refractivity (Wildman–Crippen MR) is 56.8 cm³/mol. The molecule has 0 aliphatic heterocycles. The van der Waals surface area contributed by atoms with E-state index >= 15 is 0 Å². The van der Waals surface area contributed by atoms with Gasteiger partial charge >= 0.3 is 0 Å². The lowest BCUT2D eigenvalue weighted by Gasteiger charge is -1.97. The van der Waals surface area contributed by atoms with Crippen molar-refractivity contribution < 1.29 is 0 Å². The number of para-hydroxylation sites is 1. The average Bonchev–Trinajstić information content (AvgIpc) is 2.53. The van der Waals surface area contributed by atoms with Gasteiger partial charge < -0.3 is 0 Å². The average molecular weight is 176 g/mol. The maximum Gasteiger partial charge on any atom is 0.0708 e. The fourth-order valence-corrected chi connectivity index (χ4v) is 1.43. The van der Waals surface area contributed by atoms with E-state index in [1.54, 1.807) is 0 Å². The number of rotatable bonds is 0. The van der Waals surface area contributed by atoms with E-state index < -0.39 is 0 Å². The van der Waals surface area contributed by atoms with Crippen LogP contribution in [0.3, 0.4) is 0 Å². The highest BCUT2D eigenvalue weighted by atomic mass is 15.2. The molecule has 13 heavy (non-hydrogen) atoms. The number of hydrogen-bond donors (Lipinski definition) is 0. The zero-order valence-corrected chi connectivity index (χ0v) is 8.70. The number of hydrogen-bond acceptors (Lipinski definition) is 1. The van der Waals surface area contributed by atoms with Crippen LogP contribution in [0.5, 0.6) is 0 Å². The van der Waals surface area contributed by atoms with Crippen molar-refractivity contribution in [1.82, 2.24) is 9.78 Å². The van der Waals surface area contributed by atoms with E-state index in [-0.39, 0.29) is 0 Å². The molecular weight excluding hydrogens is 160 g/mol. The fourth-order valence-electron chi connectivity index (χ4n) is 1.43. The van der Waals surface area contributed by atoms with E-state index in [9.17, 15) is 0 Å². The molecule has 1 aromatic carbocycles. The molecule has 0 spiro atoms. The predicted octanol–water partition coefficient (Wildman–Crippen LogP) is 2.91. The van der Waals surface area contributed by atoms with Gasteiger partial charge in [0.1, 0.15) is 0 Å². The van der Waals surface area contributed by atoms with Gasteiger partial charge in [0, 0.05) is 12.4 Å². The van der Waals surface area contributed by atoms with Gasteiger partial charge in [-0.1, -0.05) is 32.0 Å². The maximum atomic E-state index is 4.17. The molecule has 1 heterocycles. The molecule has 1 aromatic heterocycles. The summed E-state index contributed by atoms with van der Waals surface area (Å²) in [6.07, 6.45) is 1.89. The summed E-state index contributed by atoms with van der Waals surface area (Å²) >= 11 is 0. The third-order valence-corrected chi connectivity index (χ3v) is 1.96. The molecule has 0 saturated carbocycles. The highest BCUT2D eigenvalue weighted by Crippen LogP contribution is 2.15. The van der Waals surface area contributed by atoms with Crippen molar-refractivity contribution in [1.29, 1.82) is 0 Å². The molecule has 0 bridgehead atoms. The first kappa shape index (κ1) is 9.78. The minimum absolute atomic E-state index is 1.22. The van der Waals surface area contributed by atoms with E-state index in [4.69, 9.17) is 0 Å². The van der Waals surface area contributed by atoms with Gasteiger partial charge in [-0.2, -0.15) is 5.10 Å². The first-order chi connectivity index (χ1) is 6.29. The first-order valence-corrected chi connectivity index (χ1v) is 4.66. The molecule has 0 saturated heterocycles. The Balaban J connectivity index is 0.000000396. The summed E-state index contributed by atoms with van der Waals surface area (Å²) in [6.45, 7) is 6.10. The van der Waals surface area contributed by atoms with Gasteiger partial charge in [0.25, 0.3) is 0 Å². The topological polar surface area (TPSA) is 17.8 Å². The Morgan fingerprint density at radius 1 is 1.23 bits per heavy atom. The Kier molecular flexibility index (Phi) is 3.07. The van der Waals surface area contributed by atoms with Crippen LogP contribution in [0.25, 0.3) is 10.9 Å². The largest absolute Gasteiger partial charge is 0.268 e. The molecule has 70 valence electrons. The number of fused-ring (bicyclic) bond motifs is 1. The van der Waals surface area contributed by atoms with Crippen molar-refractivity contribution in [2.24, 2.45) is 7.05 Å². The minimum atomic E-state index is 1.22. The molecular formula is C11H16N2. The summed E-state index contributed by atoms with van der Waals surface area (Å²) in [5.74, 6) is 0. The molecule has 0 fully saturated rings. The van der Waals surface area contributed by atoms with Crippen LogP contribution >= 0.6 is 0 Å². The van der Waals surface area contributed by atoms with Crippen LogP contribution in [0.2, 0.25) is 0 Å². The molecule has 0 aliphatic carbocycles. The molecule has 2 nitrogen and oxygen atoms in total. The number of benzene rings is 1. The molecule has 2 rings (SSSR count). The summed E-state index contributed by atoms with van der Waals surface area (Å²) in [5.41, 5.74) is 2.51. The number of nitrogens with zero attached hydrogens (tertiary/aromatic N) is 2. The Bertz CT molecular complexity index is 388. The third kappa shape index (κ3) is 1.72. The molecule has 0 radical (unpaired) electrons. The normalized spacial score (nSPS) is 9.54. The van der Waals surface area contributed by atoms with Crippen molar-refractivity contribution >= 4 is 10.9 Å². The van der Waals surface area contributed by atoms with Crippen molar-refractivity contribution in [2.75, 3.05) is 0 Å². The van der Waals surface area contributed by atoms with Gasteiger partial charge in [-0.3, -0.25) is 4.68 Å². The monoisotopic (exact) mass is 176 g/mol. The maximum absolute atomic E-state index is 4.17. The first-order valence-electron chi connectivity index (χ1n) is 4.66. The van der Waals surface area contributed by atoms with E-state index in [0.717, 1.165) is 0 Å². The third-order valence-electron chi connectivity index (χ3n) is 1.96. The number of aryl methyl sites for hydroxylation is 2. The van der Waals surface area contributed by atoms with Crippen molar-refractivity contribution in [2.45, 2.75) is 20.8 Å². The quantitative estimate of drug-likeness (QED) is 0.603. The van der Waals surface area contributed by atoms with E-state index in [2.05, 4.69) is 30.2 Å². The smallest absolute Gasteiger partial charge is 0.0708 e. The van der Waals surface area contributed by atoms with Gasteiger partial charge in [-0.05, 0) is 12.5 Å². The second-order valence-corrected chi connectivity index (χ2v) is 2.78. The lowest BCUT2D eigenvalue weighted by atomic mass is 10.2. The van der Waals surface area contributed by atoms with Crippen LogP contribution in [-0.2, 0) is 7.05 Å². The van der Waals surface area contributed by atoms with Gasteiger partial charge in [0.2, 0.25) is 0 Å². The SMILES string of the molecule is CC.Cc1cccc2cnn(C)c12. The second kappa shape index (κ2) is 4.08. The van der Waals surface area contributed by atoms with Crippen molar-refractivity contribution in [3.05, 3.63) is 30.0 Å². The molecule has 0 unspecified atom stereocenters. The summed E-state index contributed by atoms with van der Waals surface area (Å²) in [5, 5.41) is 5.39. The summed E-state index contributed by atoms with van der Waals surface area (Å²) in [6, 6.07) is 6.23. The Morgan fingerprint density at radius 3 is 2.54 bits per heavy atom. The zero-order chi connectivity index (χ0) is 9.84. The summed E-state index contributed by atoms with van der Waals surface area (Å²) in [7, 11) is 1.97. The van der Waals surface area contributed by atoms with E-state index in [0.29, 0.717) is 0 Å². The van der Waals surface area contributed by atoms with Gasteiger partial charge in [0.15, 0.2) is 0 Å². The van der Waals surface area contributed by atoms with Crippen LogP contribution in [0.15, 0.2) is 24.4 Å². The Hall–Kier alpha value is -1.31. The Labute approximate surface area is 79.2 Å². The van der Waals surface area contributed by atoms with Crippen LogP contribution in [0, 0.1) is 6.92 Å². The Morgan fingerprint density at radius 2 is 1.92 bits per heavy atom. The van der Waals surface area contributed by atoms with E-state index in [1.165, 1.54) is 16.5 Å². The van der Waals surface area contributed by atoms with Crippen LogP contribution in [-0.4, -0.2) is 9.78 Å². The molecule has 0 aliphatic rings. The molecule has 2 heteroatoms. The summed E-state index contributed by atoms with van der Waals surface area (Å²) < 4.78 is 1.91. The highest BCUT2D eigenvalue weighted by molar-refractivity contribution is 5.81. The van der Waals surface area contributed by atoms with Crippen LogP contribution < -0.4 is 0 Å². The number of aromatic nitrogens is 2. The van der Waals surface area contributed by atoms with Crippen LogP contribution in [0.4, 0.5) is 0 Å². The lowest BCUT2D eigenvalue weighted by Crippen LogP contribution is -1.90. The standard InChI is InChI=1S/C9H10N2.C2H6/c1-7-4-3-5-8-6-10-11(2)9(7)8;1-2/h3-6H,1-2H3;1-2H3. The van der Waals surface area contributed by atoms with Crippen molar-refractivity contribution in [3.8, 4) is 0 Å². The second-order valence-electron chi connectivity index (χ2n) is 2.78. The van der Waals surface area contributed by atoms with Gasteiger partial charge in [-0.15, -0.1) is 0 Å². The highest BCUT2D eigenvalue weighted by Gasteiger charge is 1.99. The molecule has 0 atom stereocenters. The van der Waals surface area contributed by atoms with Crippen molar-refractivity contribution in [3.63, 3.8) is 0 Å². The lowest BCUT2D eigenvalue weighted by molar-refractivity contribution is 0.794. The van der Waals surface area contributed by atoms with Gasteiger partial charge in [0.05, 0.1) is 11.7 Å². The summed E-state index contributed by atoms with van der Waals surface area (Å²) in [4.78, 5) is 0. The minimum Gasteiger partial charge on any atom is -0.268 e. The molecule has 2 aromatic rings. The van der Waals surface area contributed by atoms with E-state index in [1.807, 2.05) is 31.8 Å². The van der Waals surface area contributed by atoms with Crippen LogP contribution in [0.1, 0.15) is 19.4 Å². The van der Waals surface area contributed by atoms with Gasteiger partial charge in [-0.25, -0.2) is 0 Å². The fraction of sp³-hybridized carbons (Fsp3) is 0.364.